The number of rotatable bonds is 2. The molecule has 22 heavy (non-hydrogen) atoms. The van der Waals surface area contributed by atoms with E-state index in [-0.39, 0.29) is 0 Å². The average molecular weight is 332 g/mol. The minimum absolute atomic E-state index is 0.434. The normalized spacial score (nSPS) is 24.1. The smallest absolute Gasteiger partial charge is 0.125 e. The third-order valence-electron chi connectivity index (χ3n) is 4.51. The molecule has 2 atom stereocenters. The van der Waals surface area contributed by atoms with Gasteiger partial charge in [-0.3, -0.25) is 0 Å². The van der Waals surface area contributed by atoms with Crippen molar-refractivity contribution in [2.24, 2.45) is 0 Å². The first-order valence-corrected chi connectivity index (χ1v) is 8.90. The van der Waals surface area contributed by atoms with Crippen LogP contribution >= 0.6 is 23.5 Å². The van der Waals surface area contributed by atoms with Gasteiger partial charge in [-0.2, -0.15) is 0 Å². The Kier molecular flexibility index (Phi) is 3.84. The van der Waals surface area contributed by atoms with Crippen molar-refractivity contribution in [3.63, 3.8) is 0 Å². The summed E-state index contributed by atoms with van der Waals surface area (Å²) in [6.45, 7) is 1.98. The summed E-state index contributed by atoms with van der Waals surface area (Å²) in [6.07, 6.45) is 6.81. The number of hydrogen-bond donors (Lipinski definition) is 0. The number of nitrogens with zero attached hydrogens (tertiary/aromatic N) is 3. The Morgan fingerprint density at radius 1 is 1.23 bits per heavy atom. The van der Waals surface area contributed by atoms with Gasteiger partial charge in [0.2, 0.25) is 0 Å². The molecule has 2 bridgehead atoms. The van der Waals surface area contributed by atoms with Gasteiger partial charge in [-0.25, -0.2) is 14.3 Å². The fraction of sp³-hybridized carbons (Fsp3) is 0.412. The Morgan fingerprint density at radius 2 is 2.05 bits per heavy atom. The van der Waals surface area contributed by atoms with Gasteiger partial charge in [0.1, 0.15) is 5.82 Å². The quantitative estimate of drug-likeness (QED) is 0.752. The van der Waals surface area contributed by atoms with Crippen molar-refractivity contribution in [1.29, 1.82) is 0 Å². The summed E-state index contributed by atoms with van der Waals surface area (Å²) in [5.41, 5.74) is 2.58. The van der Waals surface area contributed by atoms with Crippen molar-refractivity contribution in [3.8, 4) is 0 Å². The monoisotopic (exact) mass is 331 g/mol. The van der Waals surface area contributed by atoms with E-state index in [0.29, 0.717) is 12.1 Å². The van der Waals surface area contributed by atoms with E-state index >= 15 is 0 Å². The highest BCUT2D eigenvalue weighted by atomic mass is 35.5. The third-order valence-corrected chi connectivity index (χ3v) is 6.01. The molecule has 4 rings (SSSR count). The Hall–Kier alpha value is -1.10. The SMILES string of the molecule is Cc1ncc2c(n1)CC1CCCC2N1Sc1ccc(Cl)cc1. The van der Waals surface area contributed by atoms with Gasteiger partial charge in [0.25, 0.3) is 0 Å². The predicted octanol–water partition coefficient (Wildman–Crippen LogP) is 4.60. The summed E-state index contributed by atoms with van der Waals surface area (Å²) < 4.78 is 2.56. The second kappa shape index (κ2) is 5.84. The highest BCUT2D eigenvalue weighted by molar-refractivity contribution is 7.97. The molecule has 0 spiro atoms. The zero-order valence-corrected chi connectivity index (χ0v) is 14.1. The van der Waals surface area contributed by atoms with Crippen LogP contribution in [0.15, 0.2) is 35.4 Å². The van der Waals surface area contributed by atoms with Crippen molar-refractivity contribution < 1.29 is 0 Å². The molecule has 3 heterocycles. The molecule has 2 aliphatic rings. The molecule has 5 heteroatoms. The first-order chi connectivity index (χ1) is 10.7. The third kappa shape index (κ3) is 2.64. The molecule has 0 amide bonds. The second-order valence-corrected chi connectivity index (χ2v) is 7.54. The maximum absolute atomic E-state index is 5.99. The van der Waals surface area contributed by atoms with E-state index in [4.69, 9.17) is 11.6 Å². The van der Waals surface area contributed by atoms with Crippen LogP contribution in [0.1, 0.15) is 42.4 Å². The number of benzene rings is 1. The highest BCUT2D eigenvalue weighted by Crippen LogP contribution is 2.46. The zero-order valence-electron chi connectivity index (χ0n) is 12.5. The van der Waals surface area contributed by atoms with Gasteiger partial charge in [-0.1, -0.05) is 11.6 Å². The Morgan fingerprint density at radius 3 is 2.86 bits per heavy atom. The largest absolute Gasteiger partial charge is 0.241 e. The van der Waals surface area contributed by atoms with Crippen molar-refractivity contribution in [2.75, 3.05) is 0 Å². The van der Waals surface area contributed by atoms with E-state index in [2.05, 4.69) is 26.4 Å². The summed E-state index contributed by atoms with van der Waals surface area (Å²) in [4.78, 5) is 10.4. The van der Waals surface area contributed by atoms with Crippen LogP contribution in [0.5, 0.6) is 0 Å². The molecule has 1 aromatic carbocycles. The van der Waals surface area contributed by atoms with Gasteiger partial charge >= 0.3 is 0 Å². The molecular weight excluding hydrogens is 314 g/mol. The van der Waals surface area contributed by atoms with Gasteiger partial charge in [0.05, 0.1) is 5.69 Å². The molecule has 0 radical (unpaired) electrons. The van der Waals surface area contributed by atoms with E-state index < -0.39 is 0 Å². The van der Waals surface area contributed by atoms with Crippen LogP contribution in [0.3, 0.4) is 0 Å². The predicted molar refractivity (Wildman–Crippen MR) is 90.0 cm³/mol. The minimum Gasteiger partial charge on any atom is -0.241 e. The van der Waals surface area contributed by atoms with Crippen molar-refractivity contribution >= 4 is 23.5 Å². The van der Waals surface area contributed by atoms with Gasteiger partial charge < -0.3 is 0 Å². The highest BCUT2D eigenvalue weighted by Gasteiger charge is 2.38. The van der Waals surface area contributed by atoms with Crippen LogP contribution in [0.4, 0.5) is 0 Å². The molecule has 3 nitrogen and oxygen atoms in total. The van der Waals surface area contributed by atoms with Crippen LogP contribution in [0, 0.1) is 6.92 Å². The molecule has 2 aliphatic heterocycles. The number of hydrogen-bond acceptors (Lipinski definition) is 4. The summed E-state index contributed by atoms with van der Waals surface area (Å²) in [7, 11) is 0. The first kappa shape index (κ1) is 14.5. The van der Waals surface area contributed by atoms with Crippen LogP contribution in [0.25, 0.3) is 0 Å². The van der Waals surface area contributed by atoms with E-state index in [1.807, 2.05) is 37.2 Å². The van der Waals surface area contributed by atoms with Crippen LogP contribution < -0.4 is 0 Å². The Bertz CT molecular complexity index is 689. The maximum Gasteiger partial charge on any atom is 0.125 e. The van der Waals surface area contributed by atoms with Crippen LogP contribution in [-0.2, 0) is 6.42 Å². The number of aryl methyl sites for hydroxylation is 1. The van der Waals surface area contributed by atoms with Gasteiger partial charge in [0, 0.05) is 40.2 Å². The zero-order chi connectivity index (χ0) is 15.1. The van der Waals surface area contributed by atoms with E-state index in [0.717, 1.165) is 17.3 Å². The summed E-state index contributed by atoms with van der Waals surface area (Å²) in [5, 5.41) is 0.789. The fourth-order valence-corrected chi connectivity index (χ4v) is 4.79. The number of fused-ring (bicyclic) bond motifs is 4. The van der Waals surface area contributed by atoms with Crippen LogP contribution in [-0.4, -0.2) is 20.3 Å². The number of piperidine rings is 1. The fourth-order valence-electron chi connectivity index (χ4n) is 3.49. The molecule has 2 unspecified atom stereocenters. The molecule has 0 aliphatic carbocycles. The molecular formula is C17H18ClN3S. The lowest BCUT2D eigenvalue weighted by Gasteiger charge is -2.45. The van der Waals surface area contributed by atoms with E-state index in [1.165, 1.54) is 35.4 Å². The number of halogens is 1. The van der Waals surface area contributed by atoms with Crippen molar-refractivity contribution in [2.45, 2.75) is 49.6 Å². The van der Waals surface area contributed by atoms with Gasteiger partial charge in [-0.15, -0.1) is 0 Å². The summed E-state index contributed by atoms with van der Waals surface area (Å²) in [6, 6.07) is 9.13. The van der Waals surface area contributed by atoms with E-state index in [9.17, 15) is 0 Å². The Labute approximate surface area is 140 Å². The summed E-state index contributed by atoms with van der Waals surface area (Å²) >= 11 is 7.84. The molecule has 2 aromatic rings. The Balaban J connectivity index is 1.65. The first-order valence-electron chi connectivity index (χ1n) is 7.75. The van der Waals surface area contributed by atoms with Gasteiger partial charge in [0.15, 0.2) is 0 Å². The van der Waals surface area contributed by atoms with Crippen LogP contribution in [0.2, 0.25) is 5.02 Å². The molecule has 0 saturated carbocycles. The van der Waals surface area contributed by atoms with Crippen molar-refractivity contribution in [3.05, 3.63) is 52.6 Å². The standard InChI is InChI=1S/C17H18ClN3S/c1-11-19-10-15-16(20-11)9-13-3-2-4-17(15)21(13)22-14-7-5-12(18)6-8-14/h5-8,10,13,17H,2-4,9H2,1H3. The lowest BCUT2D eigenvalue weighted by molar-refractivity contribution is 0.176. The summed E-state index contributed by atoms with van der Waals surface area (Å²) in [5.74, 6) is 0.885. The molecule has 0 N–H and O–H groups in total. The maximum atomic E-state index is 5.99. The topological polar surface area (TPSA) is 29.0 Å². The van der Waals surface area contributed by atoms with Gasteiger partial charge in [-0.05, 0) is 62.4 Å². The average Bonchev–Trinajstić information content (AvgIpc) is 2.50. The molecule has 1 saturated heterocycles. The molecule has 1 aromatic heterocycles. The van der Waals surface area contributed by atoms with Crippen molar-refractivity contribution in [1.82, 2.24) is 14.3 Å². The lowest BCUT2D eigenvalue weighted by Crippen LogP contribution is -2.43. The molecule has 1 fully saturated rings. The van der Waals surface area contributed by atoms with E-state index in [1.54, 1.807) is 0 Å². The molecule has 114 valence electrons. The second-order valence-electron chi connectivity index (χ2n) is 6.03. The number of aromatic nitrogens is 2. The lowest BCUT2D eigenvalue weighted by atomic mass is 9.85. The minimum atomic E-state index is 0.434.